The summed E-state index contributed by atoms with van der Waals surface area (Å²) in [4.78, 5) is 25.5. The first-order valence-electron chi connectivity index (χ1n) is 12.1. The highest BCUT2D eigenvalue weighted by atomic mass is 31.2. The zero-order valence-corrected chi connectivity index (χ0v) is 19.8. The molecule has 0 spiro atoms. The van der Waals surface area contributed by atoms with Gasteiger partial charge in [0, 0.05) is 51.5 Å². The van der Waals surface area contributed by atoms with E-state index in [0.717, 1.165) is 88.8 Å². The first-order valence-corrected chi connectivity index (χ1v) is 13.8. The molecular weight excluding hydrogens is 437 g/mol. The number of fused-ring (bicyclic) bond motifs is 1. The van der Waals surface area contributed by atoms with Crippen LogP contribution in [-0.4, -0.2) is 78.9 Å². The lowest BCUT2D eigenvalue weighted by molar-refractivity contribution is 0.103. The Morgan fingerprint density at radius 3 is 2.03 bits per heavy atom. The third-order valence-corrected chi connectivity index (χ3v) is 11.5. The van der Waals surface area contributed by atoms with Crippen LogP contribution in [0.1, 0.15) is 49.0 Å². The molecule has 3 saturated heterocycles. The lowest BCUT2D eigenvalue weighted by Gasteiger charge is -2.41. The summed E-state index contributed by atoms with van der Waals surface area (Å²) in [6.07, 6.45) is 8.77. The van der Waals surface area contributed by atoms with Gasteiger partial charge in [-0.05, 0) is 55.9 Å². The molecular formula is C23H31N7O2P+. The topological polar surface area (TPSA) is 82.5 Å². The van der Waals surface area contributed by atoms with E-state index >= 15 is 0 Å². The Balaban J connectivity index is 1.41. The number of carbonyl (C=O) groups is 1. The van der Waals surface area contributed by atoms with E-state index in [9.17, 15) is 4.79 Å². The average Bonchev–Trinajstić information content (AvgIpc) is 3.68. The largest absolute Gasteiger partial charge is 0.371 e. The number of para-hydroxylation sites is 1. The van der Waals surface area contributed by atoms with Gasteiger partial charge in [0.2, 0.25) is 0 Å². The molecule has 6 rings (SSSR count). The van der Waals surface area contributed by atoms with E-state index in [1.807, 2.05) is 30.3 Å². The van der Waals surface area contributed by atoms with Gasteiger partial charge in [-0.15, -0.1) is 19.1 Å². The van der Waals surface area contributed by atoms with Crippen molar-refractivity contribution in [1.82, 2.24) is 34.2 Å². The molecule has 10 heteroatoms. The molecule has 3 aliphatic heterocycles. The SMILES string of the molecule is O=C(c1[nH]ccc1On1nnc2ccccc21)[P+](N1CCCC1)(N1CCCC1)N1CCCC1. The van der Waals surface area contributed by atoms with Crippen LogP contribution < -0.4 is 4.84 Å². The fourth-order valence-electron chi connectivity index (χ4n) is 5.62. The van der Waals surface area contributed by atoms with Gasteiger partial charge in [-0.1, -0.05) is 17.0 Å². The summed E-state index contributed by atoms with van der Waals surface area (Å²) in [6, 6.07) is 9.50. The number of nitrogens with one attached hydrogen (secondary N) is 1. The van der Waals surface area contributed by atoms with Crippen molar-refractivity contribution in [3.63, 3.8) is 0 Å². The second kappa shape index (κ2) is 8.80. The number of aromatic amines is 1. The number of hydrogen-bond acceptors (Lipinski definition) is 7. The zero-order chi connectivity index (χ0) is 22.3. The Hall–Kier alpha value is -2.32. The maximum absolute atomic E-state index is 14.7. The number of aromatic nitrogens is 4. The van der Waals surface area contributed by atoms with Crippen LogP contribution in [0.2, 0.25) is 0 Å². The molecule has 174 valence electrons. The van der Waals surface area contributed by atoms with E-state index < -0.39 is 7.71 Å². The van der Waals surface area contributed by atoms with Crippen LogP contribution in [-0.2, 0) is 0 Å². The summed E-state index contributed by atoms with van der Waals surface area (Å²) >= 11 is 0. The molecule has 2 aromatic heterocycles. The third kappa shape index (κ3) is 3.49. The van der Waals surface area contributed by atoms with Gasteiger partial charge in [-0.3, -0.25) is 0 Å². The normalized spacial score (nSPS) is 20.8. The Bertz CT molecular complexity index is 1090. The summed E-state index contributed by atoms with van der Waals surface area (Å²) in [7, 11) is -2.38. The van der Waals surface area contributed by atoms with Crippen molar-refractivity contribution in [2.24, 2.45) is 0 Å². The Kier molecular flexibility index (Phi) is 5.66. The molecule has 0 unspecified atom stereocenters. The zero-order valence-electron chi connectivity index (χ0n) is 18.9. The molecule has 1 N–H and O–H groups in total. The molecule has 3 aromatic rings. The Labute approximate surface area is 194 Å². The molecule has 9 nitrogen and oxygen atoms in total. The summed E-state index contributed by atoms with van der Waals surface area (Å²) in [5.74, 6) is 0.512. The summed E-state index contributed by atoms with van der Waals surface area (Å²) in [5.41, 5.74) is 2.27. The number of H-pyrrole nitrogens is 1. The van der Waals surface area contributed by atoms with Crippen LogP contribution in [0.4, 0.5) is 0 Å². The number of benzene rings is 1. The van der Waals surface area contributed by atoms with E-state index in [1.54, 1.807) is 6.20 Å². The van der Waals surface area contributed by atoms with Crippen molar-refractivity contribution in [2.45, 2.75) is 38.5 Å². The van der Waals surface area contributed by atoms with Crippen molar-refractivity contribution < 1.29 is 9.63 Å². The Morgan fingerprint density at radius 2 is 1.42 bits per heavy atom. The minimum Gasteiger partial charge on any atom is -0.353 e. The summed E-state index contributed by atoms with van der Waals surface area (Å²) in [5, 5.41) is 8.35. The van der Waals surface area contributed by atoms with Crippen LogP contribution in [0.5, 0.6) is 5.75 Å². The van der Waals surface area contributed by atoms with Gasteiger partial charge >= 0.3 is 13.2 Å². The lowest BCUT2D eigenvalue weighted by atomic mass is 10.3. The van der Waals surface area contributed by atoms with E-state index in [4.69, 9.17) is 4.84 Å². The monoisotopic (exact) mass is 468 g/mol. The van der Waals surface area contributed by atoms with Crippen molar-refractivity contribution in [3.8, 4) is 5.75 Å². The highest BCUT2D eigenvalue weighted by Crippen LogP contribution is 2.72. The molecule has 1 aromatic carbocycles. The fraction of sp³-hybridized carbons (Fsp3) is 0.522. The van der Waals surface area contributed by atoms with Gasteiger partial charge < -0.3 is 9.82 Å². The van der Waals surface area contributed by atoms with Crippen LogP contribution in [0.25, 0.3) is 11.0 Å². The first kappa shape index (κ1) is 21.2. The van der Waals surface area contributed by atoms with Crippen molar-refractivity contribution in [2.75, 3.05) is 39.3 Å². The van der Waals surface area contributed by atoms with Crippen LogP contribution in [0.3, 0.4) is 0 Å². The minimum atomic E-state index is -2.38. The molecule has 0 saturated carbocycles. The van der Waals surface area contributed by atoms with E-state index in [2.05, 4.69) is 29.3 Å². The molecule has 0 aliphatic carbocycles. The number of nitrogens with zero attached hydrogens (tertiary/aromatic N) is 6. The predicted molar refractivity (Wildman–Crippen MR) is 128 cm³/mol. The fourth-order valence-corrected chi connectivity index (χ4v) is 10.5. The van der Waals surface area contributed by atoms with E-state index in [0.29, 0.717) is 11.4 Å². The first-order chi connectivity index (χ1) is 16.3. The van der Waals surface area contributed by atoms with Crippen molar-refractivity contribution >= 4 is 24.3 Å². The van der Waals surface area contributed by atoms with Gasteiger partial charge in [0.15, 0.2) is 11.4 Å². The standard InChI is InChI=1S/C23H30N7O2P/c31-23(22-21(11-12-24-22)32-30-20-10-2-1-9-19(20)25-26-30)33(27-13-3-4-14-27,28-15-5-6-16-28)29-17-7-8-18-29/h1-2,9-12H,3-8,13-18H2/p+1. The average molecular weight is 469 g/mol. The van der Waals surface area contributed by atoms with Gasteiger partial charge in [0.25, 0.3) is 0 Å². The molecule has 0 atom stereocenters. The van der Waals surface area contributed by atoms with Gasteiger partial charge in [-0.25, -0.2) is 4.79 Å². The molecule has 5 heterocycles. The highest BCUT2D eigenvalue weighted by molar-refractivity contribution is 7.85. The van der Waals surface area contributed by atoms with Gasteiger partial charge in [-0.2, -0.15) is 0 Å². The van der Waals surface area contributed by atoms with E-state index in [-0.39, 0.29) is 5.52 Å². The molecule has 3 fully saturated rings. The highest BCUT2D eigenvalue weighted by Gasteiger charge is 2.65. The van der Waals surface area contributed by atoms with Crippen molar-refractivity contribution in [1.29, 1.82) is 0 Å². The molecule has 3 aliphatic rings. The third-order valence-electron chi connectivity index (χ3n) is 7.13. The lowest BCUT2D eigenvalue weighted by Crippen LogP contribution is -2.46. The summed E-state index contributed by atoms with van der Waals surface area (Å²) < 4.78 is 7.63. The second-order valence-corrected chi connectivity index (χ2v) is 12.4. The quantitative estimate of drug-likeness (QED) is 0.528. The maximum atomic E-state index is 14.7. The Morgan fingerprint density at radius 1 is 0.848 bits per heavy atom. The summed E-state index contributed by atoms with van der Waals surface area (Å²) in [6.45, 7) is 5.98. The smallest absolute Gasteiger partial charge is 0.353 e. The van der Waals surface area contributed by atoms with Crippen molar-refractivity contribution in [3.05, 3.63) is 42.2 Å². The van der Waals surface area contributed by atoms with E-state index in [1.165, 1.54) is 4.85 Å². The number of hydrogen-bond donors (Lipinski definition) is 1. The van der Waals surface area contributed by atoms with Gasteiger partial charge in [0.05, 0.1) is 0 Å². The van der Waals surface area contributed by atoms with Crippen LogP contribution in [0, 0.1) is 0 Å². The molecule has 0 radical (unpaired) electrons. The number of rotatable bonds is 7. The molecule has 33 heavy (non-hydrogen) atoms. The van der Waals surface area contributed by atoms with Crippen LogP contribution in [0.15, 0.2) is 36.5 Å². The molecule has 0 amide bonds. The maximum Gasteiger partial charge on any atom is 0.371 e. The van der Waals surface area contributed by atoms with Gasteiger partial charge in [0.1, 0.15) is 11.0 Å². The minimum absolute atomic E-state index is 0.192. The predicted octanol–water partition coefficient (Wildman–Crippen LogP) is 3.79. The van der Waals surface area contributed by atoms with Crippen LogP contribution >= 0.6 is 7.71 Å². The number of carbonyl (C=O) groups excluding carboxylic acids is 1. The second-order valence-electron chi connectivity index (χ2n) is 9.12. The molecule has 0 bridgehead atoms.